The van der Waals surface area contributed by atoms with E-state index in [0.29, 0.717) is 12.5 Å². The van der Waals surface area contributed by atoms with Crippen molar-refractivity contribution in [2.45, 2.75) is 52.0 Å². The van der Waals surface area contributed by atoms with Crippen LogP contribution in [-0.2, 0) is 11.3 Å². The van der Waals surface area contributed by atoms with Crippen molar-refractivity contribution in [2.75, 3.05) is 30.9 Å². The van der Waals surface area contributed by atoms with Gasteiger partial charge in [-0.05, 0) is 74.4 Å². The summed E-state index contributed by atoms with van der Waals surface area (Å²) in [4.78, 5) is 30.1. The summed E-state index contributed by atoms with van der Waals surface area (Å²) in [5.74, 6) is 0.917. The van der Waals surface area contributed by atoms with E-state index < -0.39 is 0 Å². The molecule has 2 aromatic rings. The summed E-state index contributed by atoms with van der Waals surface area (Å²) < 4.78 is 0. The molecule has 4 rings (SSSR count). The highest BCUT2D eigenvalue weighted by atomic mass is 16.2. The molecule has 2 saturated carbocycles. The fraction of sp³-hybridized carbons (Fsp3) is 0.481. The number of aryl methyl sites for hydroxylation is 1. The van der Waals surface area contributed by atoms with Gasteiger partial charge in [-0.1, -0.05) is 30.5 Å². The number of carbonyl (C=O) groups is 2. The zero-order chi connectivity index (χ0) is 22.7. The van der Waals surface area contributed by atoms with Crippen LogP contribution in [0.5, 0.6) is 0 Å². The van der Waals surface area contributed by atoms with Crippen molar-refractivity contribution >= 4 is 23.2 Å². The molecule has 0 radical (unpaired) electrons. The van der Waals surface area contributed by atoms with Crippen molar-refractivity contribution in [2.24, 2.45) is 11.8 Å². The maximum atomic E-state index is 13.4. The third-order valence-electron chi connectivity index (χ3n) is 6.64. The van der Waals surface area contributed by atoms with E-state index in [-0.39, 0.29) is 17.7 Å². The van der Waals surface area contributed by atoms with E-state index in [1.165, 1.54) is 12.8 Å². The van der Waals surface area contributed by atoms with Gasteiger partial charge in [0, 0.05) is 50.0 Å². The summed E-state index contributed by atoms with van der Waals surface area (Å²) in [5, 5.41) is 3.12. The van der Waals surface area contributed by atoms with Gasteiger partial charge in [0.05, 0.1) is 0 Å². The second-order valence-corrected chi connectivity index (χ2v) is 9.71. The summed E-state index contributed by atoms with van der Waals surface area (Å²) in [6, 6.07) is 13.9. The number of hydrogen-bond donors (Lipinski definition) is 1. The van der Waals surface area contributed by atoms with E-state index in [9.17, 15) is 9.59 Å². The molecule has 5 heteroatoms. The quantitative estimate of drug-likeness (QED) is 0.619. The molecule has 0 unspecified atom stereocenters. The predicted octanol–water partition coefficient (Wildman–Crippen LogP) is 5.24. The second kappa shape index (κ2) is 9.76. The van der Waals surface area contributed by atoms with E-state index >= 15 is 0 Å². The zero-order valence-corrected chi connectivity index (χ0v) is 19.6. The molecule has 0 bridgehead atoms. The van der Waals surface area contributed by atoms with Crippen molar-refractivity contribution in [3.63, 3.8) is 0 Å². The monoisotopic (exact) mass is 433 g/mol. The van der Waals surface area contributed by atoms with Crippen LogP contribution in [0.3, 0.4) is 0 Å². The first-order valence-corrected chi connectivity index (χ1v) is 11.9. The largest absolute Gasteiger partial charge is 0.377 e. The fourth-order valence-electron chi connectivity index (χ4n) is 4.66. The lowest BCUT2D eigenvalue weighted by molar-refractivity contribution is -0.119. The topological polar surface area (TPSA) is 52.7 Å². The van der Waals surface area contributed by atoms with Crippen LogP contribution in [0.4, 0.5) is 11.4 Å². The molecule has 2 fully saturated rings. The van der Waals surface area contributed by atoms with Crippen LogP contribution in [0.2, 0.25) is 0 Å². The molecule has 170 valence electrons. The van der Waals surface area contributed by atoms with Gasteiger partial charge in [0.1, 0.15) is 0 Å². The number of rotatable bonds is 8. The minimum atomic E-state index is 0.0747. The predicted molar refractivity (Wildman–Crippen MR) is 130 cm³/mol. The lowest BCUT2D eigenvalue weighted by Gasteiger charge is -2.27. The summed E-state index contributed by atoms with van der Waals surface area (Å²) in [6.45, 7) is 3.32. The molecular formula is C27H35N3O2. The fourth-order valence-corrected chi connectivity index (χ4v) is 4.66. The van der Waals surface area contributed by atoms with Crippen LogP contribution in [0.15, 0.2) is 42.5 Å². The standard InChI is InChI=1S/C27H35N3O2/c1-19-7-6-10-22(15-19)27(32)30(17-20-11-12-20)18-23-16-24(13-14-25(23)29(2)3)28-26(31)21-8-4-5-9-21/h6-7,10,13-16,20-21H,4-5,8-9,11-12,17-18H2,1-3H3,(H,28,31). The van der Waals surface area contributed by atoms with Crippen molar-refractivity contribution < 1.29 is 9.59 Å². The molecular weight excluding hydrogens is 398 g/mol. The summed E-state index contributed by atoms with van der Waals surface area (Å²) in [6.07, 6.45) is 6.62. The Labute approximate surface area is 191 Å². The summed E-state index contributed by atoms with van der Waals surface area (Å²) in [5.41, 5.74) is 4.77. The molecule has 0 saturated heterocycles. The Kier molecular flexibility index (Phi) is 6.83. The molecule has 0 spiro atoms. The van der Waals surface area contributed by atoms with Crippen LogP contribution < -0.4 is 10.2 Å². The van der Waals surface area contributed by atoms with Crippen LogP contribution in [0.25, 0.3) is 0 Å². The molecule has 32 heavy (non-hydrogen) atoms. The zero-order valence-electron chi connectivity index (χ0n) is 19.6. The Morgan fingerprint density at radius 3 is 2.41 bits per heavy atom. The molecule has 5 nitrogen and oxygen atoms in total. The Morgan fingerprint density at radius 1 is 1.00 bits per heavy atom. The Hall–Kier alpha value is -2.82. The Bertz CT molecular complexity index is 975. The maximum Gasteiger partial charge on any atom is 0.254 e. The number of hydrogen-bond acceptors (Lipinski definition) is 3. The molecule has 0 aliphatic heterocycles. The third-order valence-corrected chi connectivity index (χ3v) is 6.64. The first kappa shape index (κ1) is 22.4. The Morgan fingerprint density at radius 2 is 1.75 bits per heavy atom. The van der Waals surface area contributed by atoms with E-state index in [1.807, 2.05) is 68.4 Å². The maximum absolute atomic E-state index is 13.4. The molecule has 2 amide bonds. The number of nitrogens with zero attached hydrogens (tertiary/aromatic N) is 2. The van der Waals surface area contributed by atoms with Crippen LogP contribution in [0, 0.1) is 18.8 Å². The molecule has 0 heterocycles. The van der Waals surface area contributed by atoms with Gasteiger partial charge in [0.15, 0.2) is 0 Å². The Balaban J connectivity index is 1.58. The first-order valence-electron chi connectivity index (χ1n) is 11.9. The molecule has 1 N–H and O–H groups in total. The van der Waals surface area contributed by atoms with Gasteiger partial charge >= 0.3 is 0 Å². The van der Waals surface area contributed by atoms with Gasteiger partial charge in [0.25, 0.3) is 5.91 Å². The van der Waals surface area contributed by atoms with Gasteiger partial charge in [-0.15, -0.1) is 0 Å². The van der Waals surface area contributed by atoms with Crippen LogP contribution >= 0.6 is 0 Å². The SMILES string of the molecule is Cc1cccc(C(=O)N(Cc2cc(NC(=O)C3CCCC3)ccc2N(C)C)CC2CC2)c1. The van der Waals surface area contributed by atoms with Crippen LogP contribution in [0.1, 0.15) is 60.0 Å². The van der Waals surface area contributed by atoms with Crippen LogP contribution in [-0.4, -0.2) is 37.4 Å². The van der Waals surface area contributed by atoms with Gasteiger partial charge in [0.2, 0.25) is 5.91 Å². The number of nitrogens with one attached hydrogen (secondary N) is 1. The van der Waals surface area contributed by atoms with Gasteiger partial charge < -0.3 is 15.1 Å². The molecule has 2 aromatic carbocycles. The smallest absolute Gasteiger partial charge is 0.254 e. The van der Waals surface area contributed by atoms with Crippen molar-refractivity contribution in [1.82, 2.24) is 4.90 Å². The molecule has 0 atom stereocenters. The highest BCUT2D eigenvalue weighted by Gasteiger charge is 2.28. The minimum absolute atomic E-state index is 0.0747. The highest BCUT2D eigenvalue weighted by molar-refractivity contribution is 5.95. The van der Waals surface area contributed by atoms with E-state index in [1.54, 1.807) is 0 Å². The van der Waals surface area contributed by atoms with E-state index in [2.05, 4.69) is 10.2 Å². The van der Waals surface area contributed by atoms with Gasteiger partial charge in [-0.25, -0.2) is 0 Å². The second-order valence-electron chi connectivity index (χ2n) is 9.71. The van der Waals surface area contributed by atoms with E-state index in [0.717, 1.165) is 60.3 Å². The van der Waals surface area contributed by atoms with Crippen molar-refractivity contribution in [3.05, 3.63) is 59.2 Å². The minimum Gasteiger partial charge on any atom is -0.377 e. The number of anilines is 2. The molecule has 2 aliphatic carbocycles. The first-order chi connectivity index (χ1) is 15.4. The average molecular weight is 434 g/mol. The van der Waals surface area contributed by atoms with E-state index in [4.69, 9.17) is 0 Å². The number of carbonyl (C=O) groups excluding carboxylic acids is 2. The van der Waals surface area contributed by atoms with Gasteiger partial charge in [-0.3, -0.25) is 9.59 Å². The third kappa shape index (κ3) is 5.50. The normalized spacial score (nSPS) is 16.1. The lowest BCUT2D eigenvalue weighted by Crippen LogP contribution is -2.33. The van der Waals surface area contributed by atoms with Crippen molar-refractivity contribution in [3.8, 4) is 0 Å². The average Bonchev–Trinajstić information content (AvgIpc) is 3.41. The van der Waals surface area contributed by atoms with Crippen molar-refractivity contribution in [1.29, 1.82) is 0 Å². The lowest BCUT2D eigenvalue weighted by atomic mass is 10.1. The number of benzene rings is 2. The summed E-state index contributed by atoms with van der Waals surface area (Å²) >= 11 is 0. The highest BCUT2D eigenvalue weighted by Crippen LogP contribution is 2.33. The summed E-state index contributed by atoms with van der Waals surface area (Å²) in [7, 11) is 4.03. The van der Waals surface area contributed by atoms with Gasteiger partial charge in [-0.2, -0.15) is 0 Å². The molecule has 0 aromatic heterocycles. The molecule has 2 aliphatic rings. The number of amides is 2.